The maximum atomic E-state index is 11.9. The minimum Gasteiger partial charge on any atom is -0.507 e. The van der Waals surface area contributed by atoms with Gasteiger partial charge in [0.1, 0.15) is 5.75 Å². The first-order valence-corrected chi connectivity index (χ1v) is 4.87. The van der Waals surface area contributed by atoms with E-state index in [0.717, 1.165) is 0 Å². The number of rotatable bonds is 2. The molecular weight excluding hydrogens is 204 g/mol. The highest BCUT2D eigenvalue weighted by Crippen LogP contribution is 2.29. The predicted molar refractivity (Wildman–Crippen MR) is 59.7 cm³/mol. The van der Waals surface area contributed by atoms with Gasteiger partial charge in [0, 0.05) is 11.1 Å². The molecule has 3 nitrogen and oxygen atoms in total. The molecular formula is C13H10O3. The van der Waals surface area contributed by atoms with E-state index in [1.807, 2.05) is 0 Å². The van der Waals surface area contributed by atoms with Gasteiger partial charge in [0.2, 0.25) is 0 Å². The van der Waals surface area contributed by atoms with Gasteiger partial charge in [-0.3, -0.25) is 9.59 Å². The maximum Gasteiger partial charge on any atom is 0.190 e. The van der Waals surface area contributed by atoms with Crippen LogP contribution in [0.4, 0.5) is 0 Å². The Labute approximate surface area is 92.7 Å². The summed E-state index contributed by atoms with van der Waals surface area (Å²) in [5.41, 5.74) is 0.780. The molecule has 0 fully saturated rings. The quantitative estimate of drug-likeness (QED) is 0.768. The van der Waals surface area contributed by atoms with Gasteiger partial charge in [-0.1, -0.05) is 18.2 Å². The molecule has 0 unspecified atom stereocenters. The number of hydrogen-bond donors (Lipinski definition) is 1. The number of fused-ring (bicyclic) bond motifs is 1. The van der Waals surface area contributed by atoms with Crippen molar-refractivity contribution >= 4 is 11.6 Å². The molecule has 1 aliphatic carbocycles. The largest absolute Gasteiger partial charge is 0.507 e. The van der Waals surface area contributed by atoms with Crippen LogP contribution in [-0.4, -0.2) is 16.7 Å². The van der Waals surface area contributed by atoms with Crippen LogP contribution in [0.3, 0.4) is 0 Å². The number of phenols is 1. The highest BCUT2D eigenvalue weighted by atomic mass is 16.3. The van der Waals surface area contributed by atoms with Crippen molar-refractivity contribution in [1.82, 2.24) is 0 Å². The van der Waals surface area contributed by atoms with Gasteiger partial charge in [0.05, 0.1) is 5.56 Å². The van der Waals surface area contributed by atoms with Crippen LogP contribution in [0.5, 0.6) is 5.75 Å². The SMILES string of the molecule is C=CCC1=CC(=O)c2c(O)cccc2C1=O. The first kappa shape index (κ1) is 10.4. The highest BCUT2D eigenvalue weighted by molar-refractivity contribution is 6.25. The molecule has 0 heterocycles. The average molecular weight is 214 g/mol. The van der Waals surface area contributed by atoms with Crippen LogP contribution < -0.4 is 0 Å². The third-order valence-corrected chi connectivity index (χ3v) is 2.49. The number of hydrogen-bond acceptors (Lipinski definition) is 3. The Balaban J connectivity index is 2.60. The van der Waals surface area contributed by atoms with Gasteiger partial charge in [-0.2, -0.15) is 0 Å². The van der Waals surface area contributed by atoms with Crippen molar-refractivity contribution in [2.45, 2.75) is 6.42 Å². The first-order chi connectivity index (χ1) is 7.65. The van der Waals surface area contributed by atoms with Gasteiger partial charge in [0.15, 0.2) is 11.6 Å². The van der Waals surface area contributed by atoms with Crippen molar-refractivity contribution in [3.05, 3.63) is 53.6 Å². The molecule has 0 bridgehead atoms. The van der Waals surface area contributed by atoms with E-state index in [1.54, 1.807) is 18.2 Å². The molecule has 1 N–H and O–H groups in total. The van der Waals surface area contributed by atoms with E-state index >= 15 is 0 Å². The molecule has 0 atom stereocenters. The minimum atomic E-state index is -0.329. The zero-order valence-corrected chi connectivity index (χ0v) is 8.56. The van der Waals surface area contributed by atoms with E-state index < -0.39 is 0 Å². The van der Waals surface area contributed by atoms with Crippen LogP contribution in [0.1, 0.15) is 27.1 Å². The lowest BCUT2D eigenvalue weighted by atomic mass is 9.87. The van der Waals surface area contributed by atoms with Crippen LogP contribution in [-0.2, 0) is 0 Å². The minimum absolute atomic E-state index is 0.0975. The van der Waals surface area contributed by atoms with Crippen LogP contribution >= 0.6 is 0 Å². The van der Waals surface area contributed by atoms with Gasteiger partial charge >= 0.3 is 0 Å². The second-order valence-corrected chi connectivity index (χ2v) is 3.56. The lowest BCUT2D eigenvalue weighted by Gasteiger charge is -2.14. The number of benzene rings is 1. The molecule has 0 amide bonds. The van der Waals surface area contributed by atoms with Gasteiger partial charge in [-0.25, -0.2) is 0 Å². The lowest BCUT2D eigenvalue weighted by molar-refractivity contribution is 0.0980. The summed E-state index contributed by atoms with van der Waals surface area (Å²) in [5.74, 6) is -0.695. The van der Waals surface area contributed by atoms with E-state index in [9.17, 15) is 14.7 Å². The topological polar surface area (TPSA) is 54.4 Å². The molecule has 1 aromatic rings. The molecule has 0 spiro atoms. The summed E-state index contributed by atoms with van der Waals surface area (Å²) in [7, 11) is 0. The van der Waals surface area contributed by atoms with Crippen molar-refractivity contribution in [2.24, 2.45) is 0 Å². The Morgan fingerprint density at radius 2 is 2.06 bits per heavy atom. The molecule has 0 saturated heterocycles. The van der Waals surface area contributed by atoms with Crippen LogP contribution in [0.15, 0.2) is 42.5 Å². The summed E-state index contributed by atoms with van der Waals surface area (Å²) in [4.78, 5) is 23.6. The normalized spacial score (nSPS) is 14.4. The zero-order chi connectivity index (χ0) is 11.7. The second-order valence-electron chi connectivity index (χ2n) is 3.56. The van der Waals surface area contributed by atoms with E-state index in [1.165, 1.54) is 12.1 Å². The molecule has 0 radical (unpaired) electrons. The van der Waals surface area contributed by atoms with Crippen LogP contribution in [0.25, 0.3) is 0 Å². The summed E-state index contributed by atoms with van der Waals surface area (Å²) < 4.78 is 0. The number of ketones is 2. The molecule has 2 rings (SSSR count). The van der Waals surface area contributed by atoms with Gasteiger partial charge in [-0.05, 0) is 18.6 Å². The second kappa shape index (κ2) is 3.77. The van der Waals surface area contributed by atoms with Crippen molar-refractivity contribution in [2.75, 3.05) is 0 Å². The van der Waals surface area contributed by atoms with E-state index in [0.29, 0.717) is 12.0 Å². The number of carbonyl (C=O) groups is 2. The van der Waals surface area contributed by atoms with Crippen LogP contribution in [0.2, 0.25) is 0 Å². The molecule has 1 aliphatic rings. The van der Waals surface area contributed by atoms with Crippen molar-refractivity contribution in [3.63, 3.8) is 0 Å². The number of phenolic OH excluding ortho intramolecular Hbond substituents is 1. The van der Waals surface area contributed by atoms with Gasteiger partial charge in [0.25, 0.3) is 0 Å². The molecule has 80 valence electrons. The molecule has 0 saturated carbocycles. The number of Topliss-reactive ketones (excluding diaryl/α,β-unsaturated/α-hetero) is 1. The monoisotopic (exact) mass is 214 g/mol. The predicted octanol–water partition coefficient (Wildman–Crippen LogP) is 2.27. The average Bonchev–Trinajstić information content (AvgIpc) is 2.25. The summed E-state index contributed by atoms with van der Waals surface area (Å²) >= 11 is 0. The Morgan fingerprint density at radius 1 is 1.31 bits per heavy atom. The van der Waals surface area contributed by atoms with E-state index in [4.69, 9.17) is 0 Å². The zero-order valence-electron chi connectivity index (χ0n) is 8.56. The maximum absolute atomic E-state index is 11.9. The Morgan fingerprint density at radius 3 is 2.75 bits per heavy atom. The van der Waals surface area contributed by atoms with Gasteiger partial charge < -0.3 is 5.11 Å². The van der Waals surface area contributed by atoms with Crippen molar-refractivity contribution in [3.8, 4) is 5.75 Å². The smallest absolute Gasteiger partial charge is 0.190 e. The van der Waals surface area contributed by atoms with E-state index in [2.05, 4.69) is 6.58 Å². The Kier molecular flexibility index (Phi) is 2.44. The van der Waals surface area contributed by atoms with Crippen molar-refractivity contribution < 1.29 is 14.7 Å². The summed E-state index contributed by atoms with van der Waals surface area (Å²) in [6.45, 7) is 3.53. The molecule has 0 aromatic heterocycles. The fourth-order valence-electron chi connectivity index (χ4n) is 1.76. The number of aromatic hydroxyl groups is 1. The van der Waals surface area contributed by atoms with Crippen molar-refractivity contribution in [1.29, 1.82) is 0 Å². The first-order valence-electron chi connectivity index (χ1n) is 4.87. The number of carbonyl (C=O) groups excluding carboxylic acids is 2. The molecule has 16 heavy (non-hydrogen) atoms. The summed E-state index contributed by atoms with van der Waals surface area (Å²) in [6, 6.07) is 4.50. The Bertz CT molecular complexity index is 524. The third kappa shape index (κ3) is 1.46. The summed E-state index contributed by atoms with van der Waals surface area (Å²) in [5, 5.41) is 9.54. The third-order valence-electron chi connectivity index (χ3n) is 2.49. The highest BCUT2D eigenvalue weighted by Gasteiger charge is 2.26. The standard InChI is InChI=1S/C13H10O3/c1-2-4-8-7-11(15)12-9(13(8)16)5-3-6-10(12)14/h2-3,5-7,14H,1,4H2. The molecule has 0 aliphatic heterocycles. The van der Waals surface area contributed by atoms with E-state index in [-0.39, 0.29) is 28.4 Å². The summed E-state index contributed by atoms with van der Waals surface area (Å²) in [6.07, 6.45) is 3.20. The lowest BCUT2D eigenvalue weighted by Crippen LogP contribution is -2.16. The number of allylic oxidation sites excluding steroid dienone is 3. The Hall–Kier alpha value is -2.16. The van der Waals surface area contributed by atoms with Crippen LogP contribution in [0, 0.1) is 0 Å². The fourth-order valence-corrected chi connectivity index (χ4v) is 1.76. The molecule has 3 heteroatoms. The molecule has 1 aromatic carbocycles. The fraction of sp³-hybridized carbons (Fsp3) is 0.0769. The van der Waals surface area contributed by atoms with Gasteiger partial charge in [-0.15, -0.1) is 6.58 Å².